The van der Waals surface area contributed by atoms with Gasteiger partial charge in [0.2, 0.25) is 0 Å². The molecule has 4 nitrogen and oxygen atoms in total. The zero-order chi connectivity index (χ0) is 9.68. The SMILES string of the molecule is NC(=O)NCc1cccc(C=O)c1. The highest BCUT2D eigenvalue weighted by Crippen LogP contribution is 2.02. The fourth-order valence-corrected chi connectivity index (χ4v) is 0.966. The molecule has 0 aliphatic heterocycles. The molecule has 0 aromatic heterocycles. The van der Waals surface area contributed by atoms with Crippen molar-refractivity contribution in [3.8, 4) is 0 Å². The molecule has 68 valence electrons. The molecule has 3 N–H and O–H groups in total. The number of hydrogen-bond donors (Lipinski definition) is 2. The van der Waals surface area contributed by atoms with Crippen molar-refractivity contribution < 1.29 is 9.59 Å². The van der Waals surface area contributed by atoms with Gasteiger partial charge < -0.3 is 11.1 Å². The molecule has 0 bridgehead atoms. The normalized spacial score (nSPS) is 9.23. The van der Waals surface area contributed by atoms with Crippen LogP contribution in [0.2, 0.25) is 0 Å². The van der Waals surface area contributed by atoms with Gasteiger partial charge in [-0.2, -0.15) is 0 Å². The largest absolute Gasteiger partial charge is 0.352 e. The number of primary amides is 1. The Morgan fingerprint density at radius 1 is 1.54 bits per heavy atom. The Hall–Kier alpha value is -1.84. The van der Waals surface area contributed by atoms with Gasteiger partial charge in [0.1, 0.15) is 6.29 Å². The Kier molecular flexibility index (Phi) is 3.03. The summed E-state index contributed by atoms with van der Waals surface area (Å²) in [6.45, 7) is 0.344. The number of carbonyl (C=O) groups is 2. The van der Waals surface area contributed by atoms with E-state index < -0.39 is 6.03 Å². The number of rotatable bonds is 3. The average molecular weight is 178 g/mol. The highest BCUT2D eigenvalue weighted by atomic mass is 16.2. The molecule has 0 heterocycles. The minimum atomic E-state index is -0.573. The molecule has 1 aromatic rings. The quantitative estimate of drug-likeness (QED) is 0.667. The maximum atomic E-state index is 10.4. The number of aldehydes is 1. The first-order valence-corrected chi connectivity index (χ1v) is 3.80. The zero-order valence-electron chi connectivity index (χ0n) is 6.99. The standard InChI is InChI=1S/C9H10N2O2/c10-9(13)11-5-7-2-1-3-8(4-7)6-12/h1-4,6H,5H2,(H3,10,11,13). The molecule has 0 radical (unpaired) electrons. The second-order valence-corrected chi connectivity index (χ2v) is 2.58. The van der Waals surface area contributed by atoms with Gasteiger partial charge in [0.05, 0.1) is 0 Å². The number of hydrogen-bond acceptors (Lipinski definition) is 2. The van der Waals surface area contributed by atoms with Crippen LogP contribution < -0.4 is 11.1 Å². The molecular formula is C9H10N2O2. The minimum Gasteiger partial charge on any atom is -0.352 e. The van der Waals surface area contributed by atoms with Crippen molar-refractivity contribution >= 4 is 12.3 Å². The summed E-state index contributed by atoms with van der Waals surface area (Å²) in [5.74, 6) is 0. The summed E-state index contributed by atoms with van der Waals surface area (Å²) in [5, 5.41) is 2.44. The number of urea groups is 1. The third-order valence-corrected chi connectivity index (χ3v) is 1.55. The van der Waals surface area contributed by atoms with Crippen LogP contribution in [0.25, 0.3) is 0 Å². The van der Waals surface area contributed by atoms with Crippen molar-refractivity contribution in [3.63, 3.8) is 0 Å². The molecule has 0 atom stereocenters. The summed E-state index contributed by atoms with van der Waals surface area (Å²) in [5.41, 5.74) is 6.33. The lowest BCUT2D eigenvalue weighted by molar-refractivity contribution is 0.112. The van der Waals surface area contributed by atoms with Gasteiger partial charge in [-0.15, -0.1) is 0 Å². The van der Waals surface area contributed by atoms with Gasteiger partial charge in [-0.05, 0) is 11.6 Å². The van der Waals surface area contributed by atoms with Crippen LogP contribution >= 0.6 is 0 Å². The van der Waals surface area contributed by atoms with E-state index in [1.165, 1.54) is 0 Å². The van der Waals surface area contributed by atoms with Crippen LogP contribution in [0.15, 0.2) is 24.3 Å². The first kappa shape index (κ1) is 9.25. The molecule has 1 rings (SSSR count). The smallest absolute Gasteiger partial charge is 0.312 e. The summed E-state index contributed by atoms with van der Waals surface area (Å²) in [4.78, 5) is 20.8. The number of nitrogens with one attached hydrogen (secondary N) is 1. The number of benzene rings is 1. The van der Waals surface area contributed by atoms with Crippen LogP contribution in [-0.2, 0) is 6.54 Å². The number of nitrogens with two attached hydrogens (primary N) is 1. The van der Waals surface area contributed by atoms with Gasteiger partial charge in [-0.3, -0.25) is 4.79 Å². The Bertz CT molecular complexity index is 323. The Balaban J connectivity index is 2.66. The van der Waals surface area contributed by atoms with Crippen molar-refractivity contribution in [1.82, 2.24) is 5.32 Å². The van der Waals surface area contributed by atoms with Crippen LogP contribution in [0, 0.1) is 0 Å². The average Bonchev–Trinajstić information content (AvgIpc) is 2.15. The van der Waals surface area contributed by atoms with E-state index in [4.69, 9.17) is 5.73 Å². The van der Waals surface area contributed by atoms with E-state index in [1.54, 1.807) is 18.2 Å². The summed E-state index contributed by atoms with van der Waals surface area (Å²) in [6.07, 6.45) is 0.758. The maximum absolute atomic E-state index is 10.4. The second kappa shape index (κ2) is 4.25. The summed E-state index contributed by atoms with van der Waals surface area (Å²) in [6, 6.07) is 6.38. The second-order valence-electron chi connectivity index (χ2n) is 2.58. The van der Waals surface area contributed by atoms with Gasteiger partial charge in [0.15, 0.2) is 0 Å². The predicted molar refractivity (Wildman–Crippen MR) is 48.3 cm³/mol. The maximum Gasteiger partial charge on any atom is 0.312 e. The molecule has 0 spiro atoms. The minimum absolute atomic E-state index is 0.344. The molecule has 1 aromatic carbocycles. The van der Waals surface area contributed by atoms with E-state index >= 15 is 0 Å². The molecular weight excluding hydrogens is 168 g/mol. The van der Waals surface area contributed by atoms with Gasteiger partial charge in [-0.25, -0.2) is 4.79 Å². The van der Waals surface area contributed by atoms with E-state index in [2.05, 4.69) is 5.32 Å². The van der Waals surface area contributed by atoms with Crippen LogP contribution in [0.5, 0.6) is 0 Å². The van der Waals surface area contributed by atoms with Gasteiger partial charge >= 0.3 is 6.03 Å². The lowest BCUT2D eigenvalue weighted by Gasteiger charge is -2.01. The number of carbonyl (C=O) groups excluding carboxylic acids is 2. The van der Waals surface area contributed by atoms with Gasteiger partial charge in [0, 0.05) is 12.1 Å². The molecule has 0 saturated heterocycles. The van der Waals surface area contributed by atoms with Crippen LogP contribution in [-0.4, -0.2) is 12.3 Å². The molecule has 0 aliphatic carbocycles. The fraction of sp³-hybridized carbons (Fsp3) is 0.111. The Morgan fingerprint density at radius 3 is 2.92 bits per heavy atom. The molecule has 0 saturated carbocycles. The third kappa shape index (κ3) is 2.94. The molecule has 0 fully saturated rings. The van der Waals surface area contributed by atoms with Crippen molar-refractivity contribution in [2.75, 3.05) is 0 Å². The molecule has 0 unspecified atom stereocenters. The Labute approximate surface area is 75.7 Å². The van der Waals surface area contributed by atoms with E-state index in [1.807, 2.05) is 6.07 Å². The van der Waals surface area contributed by atoms with E-state index in [0.717, 1.165) is 11.8 Å². The fourth-order valence-electron chi connectivity index (χ4n) is 0.966. The first-order chi connectivity index (χ1) is 6.22. The molecule has 2 amide bonds. The first-order valence-electron chi connectivity index (χ1n) is 3.80. The monoisotopic (exact) mass is 178 g/mol. The van der Waals surface area contributed by atoms with Crippen molar-refractivity contribution in [2.24, 2.45) is 5.73 Å². The Morgan fingerprint density at radius 2 is 2.31 bits per heavy atom. The molecule has 0 aliphatic rings. The van der Waals surface area contributed by atoms with Gasteiger partial charge in [0.25, 0.3) is 0 Å². The summed E-state index contributed by atoms with van der Waals surface area (Å²) >= 11 is 0. The summed E-state index contributed by atoms with van der Waals surface area (Å²) in [7, 11) is 0. The third-order valence-electron chi connectivity index (χ3n) is 1.55. The van der Waals surface area contributed by atoms with Crippen molar-refractivity contribution in [1.29, 1.82) is 0 Å². The lowest BCUT2D eigenvalue weighted by atomic mass is 10.1. The van der Waals surface area contributed by atoms with Crippen LogP contribution in [0.1, 0.15) is 15.9 Å². The van der Waals surface area contributed by atoms with E-state index in [-0.39, 0.29) is 0 Å². The van der Waals surface area contributed by atoms with Crippen LogP contribution in [0.3, 0.4) is 0 Å². The summed E-state index contributed by atoms with van der Waals surface area (Å²) < 4.78 is 0. The van der Waals surface area contributed by atoms with Crippen LogP contribution in [0.4, 0.5) is 4.79 Å². The van der Waals surface area contributed by atoms with Crippen molar-refractivity contribution in [3.05, 3.63) is 35.4 Å². The van der Waals surface area contributed by atoms with Crippen molar-refractivity contribution in [2.45, 2.75) is 6.54 Å². The molecule has 13 heavy (non-hydrogen) atoms. The zero-order valence-corrected chi connectivity index (χ0v) is 6.99. The highest BCUT2D eigenvalue weighted by Gasteiger charge is 1.95. The highest BCUT2D eigenvalue weighted by molar-refractivity contribution is 5.75. The topological polar surface area (TPSA) is 72.2 Å². The van der Waals surface area contributed by atoms with Gasteiger partial charge in [-0.1, -0.05) is 18.2 Å². The predicted octanol–water partition coefficient (Wildman–Crippen LogP) is 0.667. The lowest BCUT2D eigenvalue weighted by Crippen LogP contribution is -2.28. The van der Waals surface area contributed by atoms with E-state index in [9.17, 15) is 9.59 Å². The molecule has 4 heteroatoms. The van der Waals surface area contributed by atoms with E-state index in [0.29, 0.717) is 12.1 Å². The number of amides is 2.